The Labute approximate surface area is 124 Å². The summed E-state index contributed by atoms with van der Waals surface area (Å²) in [4.78, 5) is 24.0. The minimum Gasteiger partial charge on any atom is -0.290 e. The summed E-state index contributed by atoms with van der Waals surface area (Å²) in [6.45, 7) is 2.35. The summed E-state index contributed by atoms with van der Waals surface area (Å²) in [5, 5.41) is 8.26. The van der Waals surface area contributed by atoms with Crippen LogP contribution in [0.5, 0.6) is 0 Å². The number of nitrogens with one attached hydrogen (secondary N) is 1. The van der Waals surface area contributed by atoms with Crippen molar-refractivity contribution in [1.29, 1.82) is 0 Å². The van der Waals surface area contributed by atoms with E-state index in [0.29, 0.717) is 28.8 Å². The first-order valence-electron chi connectivity index (χ1n) is 6.04. The quantitative estimate of drug-likeness (QED) is 0.396. The molecule has 0 saturated carbocycles. The first-order chi connectivity index (χ1) is 9.67. The molecule has 0 spiro atoms. The minimum absolute atomic E-state index is 0. The van der Waals surface area contributed by atoms with Gasteiger partial charge in [-0.25, -0.2) is 5.84 Å². The van der Waals surface area contributed by atoms with Crippen molar-refractivity contribution in [3.05, 3.63) is 40.4 Å². The van der Waals surface area contributed by atoms with Gasteiger partial charge in [0.1, 0.15) is 6.33 Å². The molecule has 21 heavy (non-hydrogen) atoms. The van der Waals surface area contributed by atoms with E-state index in [1.165, 1.54) is 10.9 Å². The fourth-order valence-corrected chi connectivity index (χ4v) is 2.24. The van der Waals surface area contributed by atoms with E-state index < -0.39 is 5.91 Å². The topological polar surface area (TPSA) is 107 Å². The van der Waals surface area contributed by atoms with Crippen molar-refractivity contribution < 1.29 is 4.79 Å². The third-order valence-corrected chi connectivity index (χ3v) is 3.21. The number of nitrogens with two attached hydrogens (primary N) is 1. The van der Waals surface area contributed by atoms with E-state index in [2.05, 4.69) is 15.6 Å². The number of carbonyl (C=O) groups is 1. The lowest BCUT2D eigenvalue weighted by Crippen LogP contribution is -2.30. The molecular weight excluding hydrogens is 296 g/mol. The standard InChI is InChI=1S/C12H12N6O2.ClH/c1-2-17-11(20)8-4-3-7(10(19)15-13)5-9(8)18-6-14-16-12(17)18;/h3-6H,2,13H2,1H3,(H,15,19);1H. The number of amides is 1. The molecule has 0 aliphatic carbocycles. The molecule has 0 atom stereocenters. The van der Waals surface area contributed by atoms with Gasteiger partial charge in [-0.2, -0.15) is 0 Å². The lowest BCUT2D eigenvalue weighted by molar-refractivity contribution is 0.0954. The Balaban J connectivity index is 0.00000161. The summed E-state index contributed by atoms with van der Waals surface area (Å²) in [6, 6.07) is 4.76. The number of rotatable bonds is 2. The highest BCUT2D eigenvalue weighted by atomic mass is 35.5. The van der Waals surface area contributed by atoms with Crippen LogP contribution in [0.25, 0.3) is 16.7 Å². The smallest absolute Gasteiger partial charge is 0.265 e. The van der Waals surface area contributed by atoms with E-state index in [1.54, 1.807) is 22.6 Å². The molecule has 1 aromatic carbocycles. The fourth-order valence-electron chi connectivity index (χ4n) is 2.24. The van der Waals surface area contributed by atoms with Crippen LogP contribution in [0.2, 0.25) is 0 Å². The number of aryl methyl sites for hydroxylation is 1. The lowest BCUT2D eigenvalue weighted by atomic mass is 10.1. The summed E-state index contributed by atoms with van der Waals surface area (Å²) in [7, 11) is 0. The molecule has 0 fully saturated rings. The van der Waals surface area contributed by atoms with Gasteiger partial charge < -0.3 is 0 Å². The molecule has 2 aromatic heterocycles. The Kier molecular flexibility index (Phi) is 3.92. The second-order valence-electron chi connectivity index (χ2n) is 4.26. The van der Waals surface area contributed by atoms with Crippen LogP contribution in [0.4, 0.5) is 0 Å². The zero-order valence-electron chi connectivity index (χ0n) is 11.1. The Hall–Kier alpha value is -2.45. The van der Waals surface area contributed by atoms with E-state index in [0.717, 1.165) is 0 Å². The van der Waals surface area contributed by atoms with Gasteiger partial charge in [-0.15, -0.1) is 22.6 Å². The highest BCUT2D eigenvalue weighted by molar-refractivity contribution is 5.97. The predicted molar refractivity (Wildman–Crippen MR) is 79.3 cm³/mol. The molecule has 0 saturated heterocycles. The molecular formula is C12H13ClN6O2. The third-order valence-electron chi connectivity index (χ3n) is 3.21. The van der Waals surface area contributed by atoms with E-state index in [1.807, 2.05) is 6.92 Å². The monoisotopic (exact) mass is 308 g/mol. The van der Waals surface area contributed by atoms with E-state index in [-0.39, 0.29) is 18.0 Å². The van der Waals surface area contributed by atoms with Crippen molar-refractivity contribution >= 4 is 35.0 Å². The van der Waals surface area contributed by atoms with Crippen molar-refractivity contribution in [2.45, 2.75) is 13.5 Å². The summed E-state index contributed by atoms with van der Waals surface area (Å²) >= 11 is 0. The van der Waals surface area contributed by atoms with Crippen LogP contribution in [-0.2, 0) is 6.54 Å². The first-order valence-corrected chi connectivity index (χ1v) is 6.04. The Morgan fingerprint density at radius 1 is 1.43 bits per heavy atom. The number of hydrogen-bond acceptors (Lipinski definition) is 5. The molecule has 3 rings (SSSR count). The summed E-state index contributed by atoms with van der Waals surface area (Å²) in [5.74, 6) is 5.14. The molecule has 3 aromatic rings. The maximum Gasteiger partial charge on any atom is 0.265 e. The summed E-state index contributed by atoms with van der Waals surface area (Å²) in [5.41, 5.74) is 2.83. The van der Waals surface area contributed by atoms with Crippen LogP contribution in [0.1, 0.15) is 17.3 Å². The molecule has 3 N–H and O–H groups in total. The van der Waals surface area contributed by atoms with E-state index in [9.17, 15) is 9.59 Å². The molecule has 0 radical (unpaired) electrons. The summed E-state index contributed by atoms with van der Waals surface area (Å²) < 4.78 is 3.20. The first kappa shape index (κ1) is 14.9. The predicted octanol–water partition coefficient (Wildman–Crippen LogP) is 0.0894. The lowest BCUT2D eigenvalue weighted by Gasteiger charge is -2.08. The Morgan fingerprint density at radius 2 is 2.19 bits per heavy atom. The minimum atomic E-state index is -0.423. The number of hydrazine groups is 1. The van der Waals surface area contributed by atoms with Crippen molar-refractivity contribution in [3.8, 4) is 0 Å². The average Bonchev–Trinajstić information content (AvgIpc) is 2.96. The number of halogens is 1. The van der Waals surface area contributed by atoms with Gasteiger partial charge in [0.2, 0.25) is 5.78 Å². The number of fused-ring (bicyclic) bond motifs is 3. The molecule has 0 aliphatic rings. The second kappa shape index (κ2) is 5.51. The molecule has 2 heterocycles. The SMILES string of the molecule is CCn1c(=O)c2ccc(C(=O)NN)cc2n2cnnc12.Cl. The van der Waals surface area contributed by atoms with E-state index >= 15 is 0 Å². The second-order valence-corrected chi connectivity index (χ2v) is 4.26. The molecule has 8 nitrogen and oxygen atoms in total. The Morgan fingerprint density at radius 3 is 2.86 bits per heavy atom. The van der Waals surface area contributed by atoms with Gasteiger partial charge in [-0.1, -0.05) is 0 Å². The van der Waals surface area contributed by atoms with Crippen molar-refractivity contribution in [2.75, 3.05) is 0 Å². The number of carbonyl (C=O) groups excluding carboxylic acids is 1. The van der Waals surface area contributed by atoms with Crippen molar-refractivity contribution in [1.82, 2.24) is 24.6 Å². The molecule has 0 aliphatic heterocycles. The van der Waals surface area contributed by atoms with Gasteiger partial charge in [-0.05, 0) is 25.1 Å². The van der Waals surface area contributed by atoms with Gasteiger partial charge in [0, 0.05) is 12.1 Å². The number of nitrogen functional groups attached to an aromatic ring is 1. The number of benzene rings is 1. The van der Waals surface area contributed by atoms with Crippen LogP contribution in [-0.4, -0.2) is 25.1 Å². The Bertz CT molecular complexity index is 884. The maximum absolute atomic E-state index is 12.4. The number of aromatic nitrogens is 4. The number of nitrogens with zero attached hydrogens (tertiary/aromatic N) is 4. The third kappa shape index (κ3) is 2.14. The van der Waals surface area contributed by atoms with Crippen LogP contribution in [0, 0.1) is 0 Å². The van der Waals surface area contributed by atoms with Gasteiger partial charge >= 0.3 is 0 Å². The van der Waals surface area contributed by atoms with Crippen LogP contribution in [0.3, 0.4) is 0 Å². The molecule has 9 heteroatoms. The van der Waals surface area contributed by atoms with Gasteiger partial charge in [0.05, 0.1) is 10.9 Å². The van der Waals surface area contributed by atoms with Gasteiger partial charge in [0.25, 0.3) is 11.5 Å². The van der Waals surface area contributed by atoms with Gasteiger partial charge in [-0.3, -0.25) is 24.0 Å². The van der Waals surface area contributed by atoms with E-state index in [4.69, 9.17) is 5.84 Å². The van der Waals surface area contributed by atoms with Crippen LogP contribution >= 0.6 is 12.4 Å². The molecule has 1 amide bonds. The molecule has 0 unspecified atom stereocenters. The van der Waals surface area contributed by atoms with Crippen molar-refractivity contribution in [2.24, 2.45) is 5.84 Å². The highest BCUT2D eigenvalue weighted by Crippen LogP contribution is 2.14. The largest absolute Gasteiger partial charge is 0.290 e. The zero-order valence-corrected chi connectivity index (χ0v) is 11.9. The fraction of sp³-hybridized carbons (Fsp3) is 0.167. The maximum atomic E-state index is 12.4. The average molecular weight is 309 g/mol. The number of hydrogen-bond donors (Lipinski definition) is 2. The normalized spacial score (nSPS) is 10.6. The van der Waals surface area contributed by atoms with Crippen LogP contribution in [0.15, 0.2) is 29.3 Å². The molecule has 0 bridgehead atoms. The molecule has 110 valence electrons. The van der Waals surface area contributed by atoms with Crippen molar-refractivity contribution in [3.63, 3.8) is 0 Å². The zero-order chi connectivity index (χ0) is 14.3. The highest BCUT2D eigenvalue weighted by Gasteiger charge is 2.13. The van der Waals surface area contributed by atoms with Crippen LogP contribution < -0.4 is 16.8 Å². The van der Waals surface area contributed by atoms with Gasteiger partial charge in [0.15, 0.2) is 0 Å². The summed E-state index contributed by atoms with van der Waals surface area (Å²) in [6.07, 6.45) is 1.51.